The lowest BCUT2D eigenvalue weighted by molar-refractivity contribution is -0.116. The molecule has 0 radical (unpaired) electrons. The van der Waals surface area contributed by atoms with Gasteiger partial charge in [-0.1, -0.05) is 29.3 Å². The van der Waals surface area contributed by atoms with Crippen molar-refractivity contribution in [3.8, 4) is 11.5 Å². The van der Waals surface area contributed by atoms with Gasteiger partial charge in [-0.05, 0) is 24.3 Å². The second kappa shape index (κ2) is 8.79. The SMILES string of the molecule is COc1ccc(OC)c(S(=O)(=O)N(C)CC(=O)Nc2cccc(Cl)c2Cl)c1. The number of halogens is 2. The van der Waals surface area contributed by atoms with Crippen LogP contribution in [0.3, 0.4) is 0 Å². The molecule has 0 aliphatic heterocycles. The average molecular weight is 433 g/mol. The Kier molecular flexibility index (Phi) is 6.94. The topological polar surface area (TPSA) is 84.9 Å². The van der Waals surface area contributed by atoms with E-state index in [1.165, 1.54) is 33.4 Å². The zero-order valence-corrected chi connectivity index (χ0v) is 17.2. The molecular formula is C17H18Cl2N2O5S. The monoisotopic (exact) mass is 432 g/mol. The first-order chi connectivity index (χ1) is 12.7. The van der Waals surface area contributed by atoms with Gasteiger partial charge in [0.15, 0.2) is 0 Å². The number of hydrogen-bond acceptors (Lipinski definition) is 5. The van der Waals surface area contributed by atoms with Crippen LogP contribution in [0.25, 0.3) is 0 Å². The highest BCUT2D eigenvalue weighted by Crippen LogP contribution is 2.31. The highest BCUT2D eigenvalue weighted by Gasteiger charge is 2.27. The molecule has 2 aromatic rings. The molecule has 0 fully saturated rings. The Balaban J connectivity index is 2.22. The summed E-state index contributed by atoms with van der Waals surface area (Å²) in [5.74, 6) is -0.0917. The zero-order chi connectivity index (χ0) is 20.2. The Morgan fingerprint density at radius 2 is 1.85 bits per heavy atom. The summed E-state index contributed by atoms with van der Waals surface area (Å²) in [5.41, 5.74) is 0.291. The molecule has 0 unspecified atom stereocenters. The molecule has 27 heavy (non-hydrogen) atoms. The maximum atomic E-state index is 12.9. The van der Waals surface area contributed by atoms with Gasteiger partial charge < -0.3 is 14.8 Å². The third kappa shape index (κ3) is 4.84. The first-order valence-corrected chi connectivity index (χ1v) is 9.82. The lowest BCUT2D eigenvalue weighted by atomic mass is 10.3. The molecule has 0 heterocycles. The van der Waals surface area contributed by atoms with Crippen LogP contribution in [0.5, 0.6) is 11.5 Å². The summed E-state index contributed by atoms with van der Waals surface area (Å²) in [6.07, 6.45) is 0. The van der Waals surface area contributed by atoms with Gasteiger partial charge in [0.25, 0.3) is 0 Å². The van der Waals surface area contributed by atoms with Crippen molar-refractivity contribution in [3.05, 3.63) is 46.4 Å². The predicted molar refractivity (Wildman–Crippen MR) is 104 cm³/mol. The van der Waals surface area contributed by atoms with Crippen molar-refractivity contribution in [2.45, 2.75) is 4.90 Å². The summed E-state index contributed by atoms with van der Waals surface area (Å²) in [7, 11) is 0.0502. The first-order valence-electron chi connectivity index (χ1n) is 7.63. The van der Waals surface area contributed by atoms with E-state index in [0.717, 1.165) is 4.31 Å². The average Bonchev–Trinajstić information content (AvgIpc) is 2.64. The number of anilines is 1. The van der Waals surface area contributed by atoms with Crippen molar-refractivity contribution in [2.75, 3.05) is 33.1 Å². The molecule has 0 saturated carbocycles. The minimum atomic E-state index is -4.01. The fraction of sp³-hybridized carbons (Fsp3) is 0.235. The van der Waals surface area contributed by atoms with Crippen molar-refractivity contribution >= 4 is 44.8 Å². The van der Waals surface area contributed by atoms with Crippen LogP contribution >= 0.6 is 23.2 Å². The van der Waals surface area contributed by atoms with E-state index in [1.54, 1.807) is 24.3 Å². The van der Waals surface area contributed by atoms with Crippen molar-refractivity contribution in [3.63, 3.8) is 0 Å². The molecule has 0 aliphatic carbocycles. The molecule has 0 saturated heterocycles. The molecular weight excluding hydrogens is 415 g/mol. The molecule has 2 aromatic carbocycles. The number of ether oxygens (including phenoxy) is 2. The largest absolute Gasteiger partial charge is 0.497 e. The lowest BCUT2D eigenvalue weighted by Crippen LogP contribution is -2.35. The van der Waals surface area contributed by atoms with Gasteiger partial charge in [0.1, 0.15) is 16.4 Å². The summed E-state index contributed by atoms with van der Waals surface area (Å²) >= 11 is 11.9. The second-order valence-electron chi connectivity index (χ2n) is 5.43. The van der Waals surface area contributed by atoms with Crippen LogP contribution in [0.2, 0.25) is 10.0 Å². The van der Waals surface area contributed by atoms with Crippen molar-refractivity contribution in [1.29, 1.82) is 0 Å². The minimum Gasteiger partial charge on any atom is -0.497 e. The second-order valence-corrected chi connectivity index (χ2v) is 8.23. The van der Waals surface area contributed by atoms with E-state index in [0.29, 0.717) is 11.4 Å². The van der Waals surface area contributed by atoms with Crippen LogP contribution in [-0.4, -0.2) is 46.4 Å². The Morgan fingerprint density at radius 1 is 1.15 bits per heavy atom. The van der Waals surface area contributed by atoms with E-state index >= 15 is 0 Å². The lowest BCUT2D eigenvalue weighted by Gasteiger charge is -2.19. The van der Waals surface area contributed by atoms with E-state index in [1.807, 2.05) is 0 Å². The fourth-order valence-electron chi connectivity index (χ4n) is 2.23. The summed E-state index contributed by atoms with van der Waals surface area (Å²) in [6, 6.07) is 9.13. The number of amides is 1. The molecule has 7 nitrogen and oxygen atoms in total. The zero-order valence-electron chi connectivity index (χ0n) is 14.8. The van der Waals surface area contributed by atoms with Gasteiger partial charge >= 0.3 is 0 Å². The normalized spacial score (nSPS) is 11.3. The van der Waals surface area contributed by atoms with Gasteiger partial charge in [-0.2, -0.15) is 4.31 Å². The van der Waals surface area contributed by atoms with Gasteiger partial charge in [0.05, 0.1) is 36.5 Å². The van der Waals surface area contributed by atoms with E-state index < -0.39 is 22.5 Å². The van der Waals surface area contributed by atoms with E-state index in [-0.39, 0.29) is 20.7 Å². The highest BCUT2D eigenvalue weighted by atomic mass is 35.5. The molecule has 146 valence electrons. The number of rotatable bonds is 7. The number of sulfonamides is 1. The van der Waals surface area contributed by atoms with Gasteiger partial charge in [-0.25, -0.2) is 8.42 Å². The van der Waals surface area contributed by atoms with Crippen LogP contribution in [0.15, 0.2) is 41.3 Å². The van der Waals surface area contributed by atoms with Crippen LogP contribution in [0.4, 0.5) is 5.69 Å². The molecule has 0 bridgehead atoms. The number of methoxy groups -OCH3 is 2. The third-order valence-electron chi connectivity index (χ3n) is 3.65. The van der Waals surface area contributed by atoms with E-state index in [2.05, 4.69) is 5.32 Å². The highest BCUT2D eigenvalue weighted by molar-refractivity contribution is 7.89. The van der Waals surface area contributed by atoms with E-state index in [9.17, 15) is 13.2 Å². The maximum absolute atomic E-state index is 12.9. The number of benzene rings is 2. The Labute approximate surface area is 167 Å². The number of carbonyl (C=O) groups excluding carboxylic acids is 1. The van der Waals surface area contributed by atoms with Gasteiger partial charge in [0, 0.05) is 13.1 Å². The number of nitrogens with zero attached hydrogens (tertiary/aromatic N) is 1. The van der Waals surface area contributed by atoms with Crippen molar-refractivity contribution in [1.82, 2.24) is 4.31 Å². The standard InChI is InChI=1S/C17H18Cl2N2O5S/c1-21(10-16(22)20-13-6-4-5-12(18)17(13)19)27(23,24)15-9-11(25-2)7-8-14(15)26-3/h4-9H,10H2,1-3H3,(H,20,22). The number of hydrogen-bond donors (Lipinski definition) is 1. The number of likely N-dealkylation sites (N-methyl/N-ethyl adjacent to an activating group) is 1. The van der Waals surface area contributed by atoms with Gasteiger partial charge in [0.2, 0.25) is 15.9 Å². The minimum absolute atomic E-state index is 0.111. The summed E-state index contributed by atoms with van der Waals surface area (Å²) < 4.78 is 36.8. The Bertz CT molecular complexity index is 950. The van der Waals surface area contributed by atoms with Gasteiger partial charge in [-0.15, -0.1) is 0 Å². The van der Waals surface area contributed by atoms with Crippen molar-refractivity contribution < 1.29 is 22.7 Å². The summed E-state index contributed by atoms with van der Waals surface area (Å²) in [5, 5.41) is 2.99. The third-order valence-corrected chi connectivity index (χ3v) is 6.29. The molecule has 2 rings (SSSR count). The summed E-state index contributed by atoms with van der Waals surface area (Å²) in [6.45, 7) is -0.439. The molecule has 0 aliphatic rings. The van der Waals surface area contributed by atoms with Crippen LogP contribution < -0.4 is 14.8 Å². The van der Waals surface area contributed by atoms with E-state index in [4.69, 9.17) is 32.7 Å². The molecule has 10 heteroatoms. The molecule has 0 spiro atoms. The number of carbonyl (C=O) groups is 1. The van der Waals surface area contributed by atoms with Crippen LogP contribution in [0, 0.1) is 0 Å². The molecule has 1 N–H and O–H groups in total. The number of nitrogens with one attached hydrogen (secondary N) is 1. The quantitative estimate of drug-likeness (QED) is 0.725. The molecule has 0 atom stereocenters. The first kappa shape index (κ1) is 21.3. The summed E-state index contributed by atoms with van der Waals surface area (Å²) in [4.78, 5) is 12.2. The van der Waals surface area contributed by atoms with Crippen LogP contribution in [0.1, 0.15) is 0 Å². The maximum Gasteiger partial charge on any atom is 0.247 e. The Hall–Kier alpha value is -2.00. The predicted octanol–water partition coefficient (Wildman–Crippen LogP) is 3.27. The fourth-order valence-corrected chi connectivity index (χ4v) is 3.87. The van der Waals surface area contributed by atoms with Crippen LogP contribution in [-0.2, 0) is 14.8 Å². The Morgan fingerprint density at radius 3 is 2.48 bits per heavy atom. The van der Waals surface area contributed by atoms with Gasteiger partial charge in [-0.3, -0.25) is 4.79 Å². The smallest absolute Gasteiger partial charge is 0.247 e. The molecule has 1 amide bonds. The van der Waals surface area contributed by atoms with Crippen molar-refractivity contribution in [2.24, 2.45) is 0 Å². The molecule has 0 aromatic heterocycles.